The zero-order valence-electron chi connectivity index (χ0n) is 14.6. The van der Waals surface area contributed by atoms with Crippen molar-refractivity contribution in [2.75, 3.05) is 0 Å². The Hall–Kier alpha value is -1.79. The Morgan fingerprint density at radius 2 is 1.30 bits per heavy atom. The van der Waals surface area contributed by atoms with Gasteiger partial charge < -0.3 is 10.5 Å². The van der Waals surface area contributed by atoms with Crippen LogP contribution < -0.4 is 16.6 Å². The standard InChI is InChI=1S/C16H31N3O4/c1-16(2,3)23-15(22)19-18-14(21)12-10-8-6-4-5-7-9-11-13(17)20/h4-12H2,1-3H3,(H2,17,20)(H,18,21)(H,19,22). The van der Waals surface area contributed by atoms with Crippen molar-refractivity contribution in [1.29, 1.82) is 0 Å². The van der Waals surface area contributed by atoms with Crippen molar-refractivity contribution in [1.82, 2.24) is 10.9 Å². The van der Waals surface area contributed by atoms with E-state index in [9.17, 15) is 14.4 Å². The van der Waals surface area contributed by atoms with E-state index in [0.717, 1.165) is 44.9 Å². The summed E-state index contributed by atoms with van der Waals surface area (Å²) in [5.41, 5.74) is 9.02. The second kappa shape index (κ2) is 11.7. The van der Waals surface area contributed by atoms with Crippen LogP contribution in [-0.4, -0.2) is 23.5 Å². The molecule has 0 aromatic carbocycles. The fourth-order valence-electron chi connectivity index (χ4n) is 1.96. The normalized spacial score (nSPS) is 10.9. The van der Waals surface area contributed by atoms with E-state index in [-0.39, 0.29) is 11.8 Å². The maximum atomic E-state index is 11.5. The van der Waals surface area contributed by atoms with Crippen LogP contribution in [0.5, 0.6) is 0 Å². The number of amides is 3. The highest BCUT2D eigenvalue weighted by Gasteiger charge is 2.16. The van der Waals surface area contributed by atoms with E-state index in [0.29, 0.717) is 12.8 Å². The van der Waals surface area contributed by atoms with E-state index in [1.165, 1.54) is 0 Å². The lowest BCUT2D eigenvalue weighted by molar-refractivity contribution is -0.122. The lowest BCUT2D eigenvalue weighted by atomic mass is 10.1. The Balaban J connectivity index is 3.43. The average Bonchev–Trinajstić information content (AvgIpc) is 2.41. The first kappa shape index (κ1) is 21.2. The van der Waals surface area contributed by atoms with Crippen molar-refractivity contribution < 1.29 is 19.1 Å². The number of hydrazine groups is 1. The first-order valence-electron chi connectivity index (χ1n) is 8.27. The van der Waals surface area contributed by atoms with Crippen molar-refractivity contribution in [3.8, 4) is 0 Å². The Labute approximate surface area is 138 Å². The van der Waals surface area contributed by atoms with Gasteiger partial charge in [-0.25, -0.2) is 10.2 Å². The van der Waals surface area contributed by atoms with Crippen molar-refractivity contribution in [3.63, 3.8) is 0 Å². The van der Waals surface area contributed by atoms with Crippen LogP contribution in [0, 0.1) is 0 Å². The largest absolute Gasteiger partial charge is 0.443 e. The van der Waals surface area contributed by atoms with Gasteiger partial charge in [-0.2, -0.15) is 0 Å². The predicted molar refractivity (Wildman–Crippen MR) is 88.3 cm³/mol. The molecule has 0 unspecified atom stereocenters. The number of nitrogens with two attached hydrogens (primary N) is 1. The van der Waals surface area contributed by atoms with Gasteiger partial charge in [0.15, 0.2) is 0 Å². The van der Waals surface area contributed by atoms with Crippen LogP contribution in [0.4, 0.5) is 4.79 Å². The number of ether oxygens (including phenoxy) is 1. The summed E-state index contributed by atoms with van der Waals surface area (Å²) in [6, 6.07) is 0. The van der Waals surface area contributed by atoms with E-state index in [1.807, 2.05) is 0 Å². The molecule has 0 aromatic heterocycles. The third-order valence-corrected chi connectivity index (χ3v) is 3.03. The Morgan fingerprint density at radius 1 is 0.826 bits per heavy atom. The second-order valence-corrected chi connectivity index (χ2v) is 6.62. The van der Waals surface area contributed by atoms with Crippen molar-refractivity contribution in [3.05, 3.63) is 0 Å². The molecular formula is C16H31N3O4. The van der Waals surface area contributed by atoms with Crippen LogP contribution in [0.15, 0.2) is 0 Å². The van der Waals surface area contributed by atoms with Gasteiger partial charge >= 0.3 is 6.09 Å². The molecule has 0 saturated heterocycles. The molecule has 0 saturated carbocycles. The molecule has 0 aliphatic carbocycles. The van der Waals surface area contributed by atoms with Gasteiger partial charge in [0.25, 0.3) is 0 Å². The first-order valence-corrected chi connectivity index (χ1v) is 8.27. The molecule has 0 atom stereocenters. The average molecular weight is 329 g/mol. The minimum Gasteiger partial charge on any atom is -0.443 e. The summed E-state index contributed by atoms with van der Waals surface area (Å²) in [4.78, 5) is 33.4. The van der Waals surface area contributed by atoms with Crippen molar-refractivity contribution in [2.45, 2.75) is 84.2 Å². The topological polar surface area (TPSA) is 111 Å². The molecule has 3 amide bonds. The number of carbonyl (C=O) groups is 3. The summed E-state index contributed by atoms with van der Waals surface area (Å²) in [7, 11) is 0. The molecule has 23 heavy (non-hydrogen) atoms. The lowest BCUT2D eigenvalue weighted by Gasteiger charge is -2.19. The Morgan fingerprint density at radius 3 is 1.78 bits per heavy atom. The zero-order valence-corrected chi connectivity index (χ0v) is 14.6. The van der Waals surface area contributed by atoms with E-state index < -0.39 is 11.7 Å². The fourth-order valence-corrected chi connectivity index (χ4v) is 1.96. The van der Waals surface area contributed by atoms with Gasteiger partial charge in [0.2, 0.25) is 11.8 Å². The third-order valence-electron chi connectivity index (χ3n) is 3.03. The van der Waals surface area contributed by atoms with Crippen LogP contribution in [-0.2, 0) is 14.3 Å². The summed E-state index contributed by atoms with van der Waals surface area (Å²) in [5.74, 6) is -0.465. The highest BCUT2D eigenvalue weighted by atomic mass is 16.6. The molecule has 0 radical (unpaired) electrons. The summed E-state index contributed by atoms with van der Waals surface area (Å²) < 4.78 is 5.00. The maximum absolute atomic E-state index is 11.5. The summed E-state index contributed by atoms with van der Waals surface area (Å²) in [6.45, 7) is 5.26. The smallest absolute Gasteiger partial charge is 0.426 e. The summed E-state index contributed by atoms with van der Waals surface area (Å²) >= 11 is 0. The summed E-state index contributed by atoms with van der Waals surface area (Å²) in [5, 5.41) is 0. The number of hydrogen-bond donors (Lipinski definition) is 3. The highest BCUT2D eigenvalue weighted by molar-refractivity contribution is 5.79. The SMILES string of the molecule is CC(C)(C)OC(=O)NNC(=O)CCCCCCCCCC(N)=O. The molecule has 7 nitrogen and oxygen atoms in total. The fraction of sp³-hybridized carbons (Fsp3) is 0.812. The first-order chi connectivity index (χ1) is 10.7. The van der Waals surface area contributed by atoms with Gasteiger partial charge in [-0.15, -0.1) is 0 Å². The van der Waals surface area contributed by atoms with Crippen molar-refractivity contribution >= 4 is 17.9 Å². The third kappa shape index (κ3) is 16.4. The zero-order chi connectivity index (χ0) is 17.7. The minimum absolute atomic E-state index is 0.225. The molecular weight excluding hydrogens is 298 g/mol. The van der Waals surface area contributed by atoms with E-state index in [1.54, 1.807) is 20.8 Å². The molecule has 0 aliphatic rings. The van der Waals surface area contributed by atoms with Crippen LogP contribution in [0.25, 0.3) is 0 Å². The summed E-state index contributed by atoms with van der Waals surface area (Å²) in [6.07, 6.45) is 7.03. The number of nitrogens with one attached hydrogen (secondary N) is 2. The molecule has 0 aliphatic heterocycles. The molecule has 0 rings (SSSR count). The predicted octanol–water partition coefficient (Wildman–Crippen LogP) is 2.54. The van der Waals surface area contributed by atoms with Crippen LogP contribution >= 0.6 is 0 Å². The van der Waals surface area contributed by atoms with Gasteiger partial charge in [0, 0.05) is 12.8 Å². The van der Waals surface area contributed by atoms with E-state index >= 15 is 0 Å². The number of rotatable bonds is 10. The number of unbranched alkanes of at least 4 members (excludes halogenated alkanes) is 6. The Bertz CT molecular complexity index is 378. The lowest BCUT2D eigenvalue weighted by Crippen LogP contribution is -2.44. The van der Waals surface area contributed by atoms with E-state index in [4.69, 9.17) is 10.5 Å². The molecule has 0 heterocycles. The molecule has 0 bridgehead atoms. The van der Waals surface area contributed by atoms with Gasteiger partial charge in [-0.1, -0.05) is 32.1 Å². The Kier molecular flexibility index (Phi) is 10.8. The molecule has 0 aromatic rings. The molecule has 4 N–H and O–H groups in total. The van der Waals surface area contributed by atoms with Crippen LogP contribution in [0.3, 0.4) is 0 Å². The molecule has 0 fully saturated rings. The molecule has 7 heteroatoms. The molecule has 134 valence electrons. The minimum atomic E-state index is -0.665. The second-order valence-electron chi connectivity index (χ2n) is 6.62. The van der Waals surface area contributed by atoms with Gasteiger partial charge in [0.05, 0.1) is 0 Å². The monoisotopic (exact) mass is 329 g/mol. The van der Waals surface area contributed by atoms with Crippen molar-refractivity contribution in [2.24, 2.45) is 5.73 Å². The number of carbonyl (C=O) groups excluding carboxylic acids is 3. The maximum Gasteiger partial charge on any atom is 0.426 e. The quantitative estimate of drug-likeness (QED) is 0.422. The van der Waals surface area contributed by atoms with E-state index in [2.05, 4.69) is 10.9 Å². The number of primary amides is 1. The highest BCUT2D eigenvalue weighted by Crippen LogP contribution is 2.09. The van der Waals surface area contributed by atoms with Gasteiger partial charge in [0.1, 0.15) is 5.60 Å². The number of hydrogen-bond acceptors (Lipinski definition) is 4. The molecule has 0 spiro atoms. The van der Waals surface area contributed by atoms with Crippen LogP contribution in [0.2, 0.25) is 0 Å². The van der Waals surface area contributed by atoms with Gasteiger partial charge in [-0.05, 0) is 33.6 Å². The van der Waals surface area contributed by atoms with Gasteiger partial charge in [-0.3, -0.25) is 15.0 Å². The van der Waals surface area contributed by atoms with Crippen LogP contribution in [0.1, 0.15) is 78.6 Å².